The quantitative estimate of drug-likeness (QED) is 0.895. The predicted molar refractivity (Wildman–Crippen MR) is 81.2 cm³/mol. The van der Waals surface area contributed by atoms with Gasteiger partial charge in [-0.05, 0) is 30.7 Å². The van der Waals surface area contributed by atoms with Crippen molar-refractivity contribution in [3.05, 3.63) is 59.4 Å². The molecule has 2 aromatic rings. The Labute approximate surface area is 127 Å². The maximum atomic E-state index is 13.6. The second-order valence-electron chi connectivity index (χ2n) is 4.41. The molecule has 110 valence electrons. The van der Waals surface area contributed by atoms with Crippen molar-refractivity contribution >= 4 is 23.2 Å². The molecule has 0 radical (unpaired) electrons. The molecule has 0 saturated heterocycles. The topological polar surface area (TPSA) is 38.3 Å². The summed E-state index contributed by atoms with van der Waals surface area (Å²) in [6.45, 7) is 1.79. The summed E-state index contributed by atoms with van der Waals surface area (Å²) in [7, 11) is 0. The molecule has 0 bridgehead atoms. The number of carbonyl (C=O) groups is 1. The number of amides is 1. The Morgan fingerprint density at radius 3 is 2.57 bits per heavy atom. The van der Waals surface area contributed by atoms with Gasteiger partial charge in [-0.15, -0.1) is 0 Å². The number of rotatable bonds is 5. The molecule has 21 heavy (non-hydrogen) atoms. The summed E-state index contributed by atoms with van der Waals surface area (Å²) in [5.41, 5.74) is 0.500. The fourth-order valence-electron chi connectivity index (χ4n) is 1.79. The molecular weight excluding hydrogens is 293 g/mol. The average Bonchev–Trinajstić information content (AvgIpc) is 2.48. The van der Waals surface area contributed by atoms with Crippen molar-refractivity contribution in [2.45, 2.75) is 19.4 Å². The zero-order chi connectivity index (χ0) is 15.2. The number of benzene rings is 2. The molecule has 1 N–H and O–H groups in total. The van der Waals surface area contributed by atoms with Crippen molar-refractivity contribution in [3.8, 4) is 5.75 Å². The second-order valence-corrected chi connectivity index (χ2v) is 4.82. The van der Waals surface area contributed by atoms with E-state index in [0.717, 1.165) is 0 Å². The summed E-state index contributed by atoms with van der Waals surface area (Å²) in [5.74, 6) is -0.811. The van der Waals surface area contributed by atoms with Crippen LogP contribution in [0.5, 0.6) is 5.75 Å². The van der Waals surface area contributed by atoms with E-state index in [1.54, 1.807) is 43.3 Å². The van der Waals surface area contributed by atoms with E-state index >= 15 is 0 Å². The average molecular weight is 308 g/mol. The van der Waals surface area contributed by atoms with Gasteiger partial charge in [0, 0.05) is 0 Å². The molecule has 2 rings (SSSR count). The Morgan fingerprint density at radius 2 is 1.90 bits per heavy atom. The van der Waals surface area contributed by atoms with E-state index < -0.39 is 11.9 Å². The first-order valence-electron chi connectivity index (χ1n) is 6.58. The van der Waals surface area contributed by atoms with Crippen LogP contribution < -0.4 is 10.1 Å². The van der Waals surface area contributed by atoms with Crippen molar-refractivity contribution in [3.63, 3.8) is 0 Å². The Bertz CT molecular complexity index is 633. The molecule has 3 nitrogen and oxygen atoms in total. The first kappa shape index (κ1) is 15.3. The Kier molecular flexibility index (Phi) is 5.17. The lowest BCUT2D eigenvalue weighted by molar-refractivity contribution is -0.122. The van der Waals surface area contributed by atoms with Gasteiger partial charge >= 0.3 is 0 Å². The van der Waals surface area contributed by atoms with Gasteiger partial charge in [0.2, 0.25) is 0 Å². The van der Waals surface area contributed by atoms with Crippen LogP contribution in [0, 0.1) is 5.82 Å². The molecular formula is C16H15ClFNO2. The molecule has 0 spiro atoms. The van der Waals surface area contributed by atoms with Gasteiger partial charge in [0.1, 0.15) is 0 Å². The van der Waals surface area contributed by atoms with Gasteiger partial charge in [0.15, 0.2) is 17.7 Å². The Morgan fingerprint density at radius 1 is 1.24 bits per heavy atom. The van der Waals surface area contributed by atoms with Crippen LogP contribution in [0.25, 0.3) is 0 Å². The monoisotopic (exact) mass is 307 g/mol. The highest BCUT2D eigenvalue weighted by Gasteiger charge is 2.20. The van der Waals surface area contributed by atoms with Crippen LogP contribution in [0.1, 0.15) is 13.3 Å². The van der Waals surface area contributed by atoms with E-state index in [0.29, 0.717) is 17.1 Å². The summed E-state index contributed by atoms with van der Waals surface area (Å²) in [4.78, 5) is 12.2. The summed E-state index contributed by atoms with van der Waals surface area (Å²) < 4.78 is 19.0. The highest BCUT2D eigenvalue weighted by atomic mass is 35.5. The van der Waals surface area contributed by atoms with Crippen LogP contribution in [-0.2, 0) is 4.79 Å². The molecule has 0 heterocycles. The summed E-state index contributed by atoms with van der Waals surface area (Å²) in [6, 6.07) is 12.9. The highest BCUT2D eigenvalue weighted by molar-refractivity contribution is 6.33. The van der Waals surface area contributed by atoms with Gasteiger partial charge in [-0.3, -0.25) is 4.79 Å². The van der Waals surface area contributed by atoms with Crippen LogP contribution in [0.2, 0.25) is 5.02 Å². The maximum absolute atomic E-state index is 13.6. The number of ether oxygens (including phenoxy) is 1. The summed E-state index contributed by atoms with van der Waals surface area (Å²) in [5, 5.41) is 3.12. The van der Waals surface area contributed by atoms with Crippen LogP contribution in [0.4, 0.5) is 10.1 Å². The Balaban J connectivity index is 2.09. The Hall–Kier alpha value is -2.07. The largest absolute Gasteiger partial charge is 0.478 e. The van der Waals surface area contributed by atoms with Gasteiger partial charge < -0.3 is 10.1 Å². The third-order valence-corrected chi connectivity index (χ3v) is 3.23. The van der Waals surface area contributed by atoms with Crippen LogP contribution in [0.3, 0.4) is 0 Å². The molecule has 2 aromatic carbocycles. The van der Waals surface area contributed by atoms with Crippen molar-refractivity contribution in [1.29, 1.82) is 0 Å². The van der Waals surface area contributed by atoms with E-state index in [2.05, 4.69) is 5.32 Å². The molecule has 0 aromatic heterocycles. The maximum Gasteiger partial charge on any atom is 0.265 e. The number of nitrogens with one attached hydrogen (secondary N) is 1. The third kappa shape index (κ3) is 3.95. The molecule has 1 unspecified atom stereocenters. The number of hydrogen-bond donors (Lipinski definition) is 1. The van der Waals surface area contributed by atoms with Gasteiger partial charge in [-0.1, -0.05) is 42.8 Å². The number of halogens is 2. The third-order valence-electron chi connectivity index (χ3n) is 2.90. The fraction of sp³-hybridized carbons (Fsp3) is 0.188. The lowest BCUT2D eigenvalue weighted by Crippen LogP contribution is -2.32. The zero-order valence-electron chi connectivity index (χ0n) is 11.5. The van der Waals surface area contributed by atoms with Crippen molar-refractivity contribution in [1.82, 2.24) is 0 Å². The van der Waals surface area contributed by atoms with Gasteiger partial charge in [0.25, 0.3) is 5.91 Å². The van der Waals surface area contributed by atoms with Crippen molar-refractivity contribution < 1.29 is 13.9 Å². The molecule has 0 aliphatic heterocycles. The normalized spacial score (nSPS) is 11.8. The number of anilines is 1. The van der Waals surface area contributed by atoms with E-state index in [-0.39, 0.29) is 11.7 Å². The van der Waals surface area contributed by atoms with E-state index in [1.165, 1.54) is 12.1 Å². The van der Waals surface area contributed by atoms with Crippen LogP contribution in [0.15, 0.2) is 48.5 Å². The molecule has 0 aliphatic carbocycles. The minimum Gasteiger partial charge on any atom is -0.478 e. The SMILES string of the molecule is CCC(Oc1ccccc1F)C(=O)Nc1ccccc1Cl. The number of para-hydroxylation sites is 2. The fourth-order valence-corrected chi connectivity index (χ4v) is 1.97. The van der Waals surface area contributed by atoms with Crippen molar-refractivity contribution in [2.75, 3.05) is 5.32 Å². The first-order valence-corrected chi connectivity index (χ1v) is 6.96. The molecule has 0 aliphatic rings. The van der Waals surface area contributed by atoms with Crippen LogP contribution in [-0.4, -0.2) is 12.0 Å². The molecule has 5 heteroatoms. The van der Waals surface area contributed by atoms with Crippen molar-refractivity contribution in [2.24, 2.45) is 0 Å². The first-order chi connectivity index (χ1) is 10.1. The van der Waals surface area contributed by atoms with E-state index in [9.17, 15) is 9.18 Å². The molecule has 1 atom stereocenters. The van der Waals surface area contributed by atoms with E-state index in [4.69, 9.17) is 16.3 Å². The zero-order valence-corrected chi connectivity index (χ0v) is 12.2. The molecule has 0 saturated carbocycles. The van der Waals surface area contributed by atoms with Gasteiger partial charge in [-0.25, -0.2) is 4.39 Å². The van der Waals surface area contributed by atoms with E-state index in [1.807, 2.05) is 0 Å². The standard InChI is InChI=1S/C16H15ClFNO2/c1-2-14(21-15-10-6-4-8-12(15)18)16(20)19-13-9-5-3-7-11(13)17/h3-10,14H,2H2,1H3,(H,19,20). The predicted octanol–water partition coefficient (Wildman–Crippen LogP) is 4.28. The minimum absolute atomic E-state index is 0.0543. The number of hydrogen-bond acceptors (Lipinski definition) is 2. The lowest BCUT2D eigenvalue weighted by Gasteiger charge is -2.18. The van der Waals surface area contributed by atoms with Gasteiger partial charge in [-0.2, -0.15) is 0 Å². The number of carbonyl (C=O) groups excluding carboxylic acids is 1. The lowest BCUT2D eigenvalue weighted by atomic mass is 10.2. The summed E-state index contributed by atoms with van der Waals surface area (Å²) >= 11 is 5.99. The molecule has 0 fully saturated rings. The molecule has 1 amide bonds. The smallest absolute Gasteiger partial charge is 0.265 e. The van der Waals surface area contributed by atoms with Gasteiger partial charge in [0.05, 0.1) is 10.7 Å². The minimum atomic E-state index is -0.793. The summed E-state index contributed by atoms with van der Waals surface area (Å²) in [6.07, 6.45) is -0.386. The highest BCUT2D eigenvalue weighted by Crippen LogP contribution is 2.22. The van der Waals surface area contributed by atoms with Crippen LogP contribution >= 0.6 is 11.6 Å². The second kappa shape index (κ2) is 7.09.